The summed E-state index contributed by atoms with van der Waals surface area (Å²) in [5.41, 5.74) is 0. The lowest BCUT2D eigenvalue weighted by Crippen LogP contribution is -2.62. The number of hydrogen-bond donors (Lipinski definition) is 5. The second-order valence-electron chi connectivity index (χ2n) is 4.29. The Kier molecular flexibility index (Phi) is 12.3. The SMILES string of the molecule is C#CCOCCOCCO.[O-][C@H]1O[C@H](CO)[C@@H](O)[C@H](O)[C@@H]1O. The largest absolute Gasteiger partial charge is 0.829 e. The minimum atomic E-state index is -1.82. The first-order chi connectivity index (χ1) is 10.5. The number of terminal acetylenes is 1. The van der Waals surface area contributed by atoms with E-state index in [1.54, 1.807) is 0 Å². The van der Waals surface area contributed by atoms with E-state index in [9.17, 15) is 5.11 Å². The fraction of sp³-hybridized carbons (Fsp3) is 0.846. The Balaban J connectivity index is 0.000000409. The van der Waals surface area contributed by atoms with Gasteiger partial charge in [-0.3, -0.25) is 0 Å². The van der Waals surface area contributed by atoms with Crippen LogP contribution in [0.1, 0.15) is 0 Å². The summed E-state index contributed by atoms with van der Waals surface area (Å²) in [7, 11) is 0. The summed E-state index contributed by atoms with van der Waals surface area (Å²) in [5, 5.41) is 54.6. The van der Waals surface area contributed by atoms with Crippen molar-refractivity contribution in [3.05, 3.63) is 0 Å². The average molecular weight is 323 g/mol. The summed E-state index contributed by atoms with van der Waals surface area (Å²) in [6, 6.07) is 0. The van der Waals surface area contributed by atoms with Crippen LogP contribution in [0.15, 0.2) is 0 Å². The molecule has 0 bridgehead atoms. The normalized spacial score (nSPS) is 31.0. The van der Waals surface area contributed by atoms with Crippen molar-refractivity contribution >= 4 is 0 Å². The monoisotopic (exact) mass is 323 g/mol. The van der Waals surface area contributed by atoms with Crippen molar-refractivity contribution in [2.45, 2.75) is 30.7 Å². The lowest BCUT2D eigenvalue weighted by Gasteiger charge is -2.43. The third-order valence-electron chi connectivity index (χ3n) is 2.64. The zero-order valence-corrected chi connectivity index (χ0v) is 12.1. The van der Waals surface area contributed by atoms with E-state index in [-0.39, 0.29) is 6.61 Å². The van der Waals surface area contributed by atoms with Gasteiger partial charge in [-0.05, 0) is 0 Å². The smallest absolute Gasteiger partial charge is 0.111 e. The number of hydrogen-bond acceptors (Lipinski definition) is 9. The van der Waals surface area contributed by atoms with Gasteiger partial charge in [0.15, 0.2) is 0 Å². The van der Waals surface area contributed by atoms with Crippen molar-refractivity contribution in [2.75, 3.05) is 39.6 Å². The summed E-state index contributed by atoms with van der Waals surface area (Å²) >= 11 is 0. The molecule has 1 heterocycles. The maximum Gasteiger partial charge on any atom is 0.111 e. The first kappa shape index (κ1) is 21.2. The maximum atomic E-state index is 10.7. The van der Waals surface area contributed by atoms with Crippen LogP contribution in [-0.2, 0) is 14.2 Å². The fourth-order valence-corrected chi connectivity index (χ4v) is 1.48. The molecule has 0 aromatic rings. The van der Waals surface area contributed by atoms with Crippen molar-refractivity contribution in [3.8, 4) is 12.3 Å². The van der Waals surface area contributed by atoms with E-state index in [0.29, 0.717) is 26.4 Å². The van der Waals surface area contributed by atoms with Crippen molar-refractivity contribution in [3.63, 3.8) is 0 Å². The molecule has 0 aromatic carbocycles. The zero-order chi connectivity index (χ0) is 17.0. The van der Waals surface area contributed by atoms with Crippen LogP contribution in [0.3, 0.4) is 0 Å². The van der Waals surface area contributed by atoms with Gasteiger partial charge in [-0.1, -0.05) is 5.92 Å². The Morgan fingerprint density at radius 3 is 2.18 bits per heavy atom. The van der Waals surface area contributed by atoms with Crippen LogP contribution in [0.4, 0.5) is 0 Å². The molecule has 0 aliphatic carbocycles. The zero-order valence-electron chi connectivity index (χ0n) is 12.1. The van der Waals surface area contributed by atoms with Crippen LogP contribution < -0.4 is 5.11 Å². The summed E-state index contributed by atoms with van der Waals surface area (Å²) in [4.78, 5) is 0. The van der Waals surface area contributed by atoms with E-state index in [1.165, 1.54) is 0 Å². The van der Waals surface area contributed by atoms with E-state index in [4.69, 9.17) is 41.4 Å². The van der Waals surface area contributed by atoms with Gasteiger partial charge in [-0.25, -0.2) is 0 Å². The first-order valence-corrected chi connectivity index (χ1v) is 6.65. The molecule has 5 N–H and O–H groups in total. The molecule has 0 amide bonds. The number of ether oxygens (including phenoxy) is 3. The predicted octanol–water partition coefficient (Wildman–Crippen LogP) is -4.21. The van der Waals surface area contributed by atoms with Crippen molar-refractivity contribution < 1.29 is 44.8 Å². The molecule has 0 spiro atoms. The summed E-state index contributed by atoms with van der Waals surface area (Å²) in [6.45, 7) is 1.15. The highest BCUT2D eigenvalue weighted by Crippen LogP contribution is 2.17. The molecule has 0 saturated carbocycles. The molecule has 9 nitrogen and oxygen atoms in total. The van der Waals surface area contributed by atoms with E-state index in [0.717, 1.165) is 0 Å². The molecule has 1 saturated heterocycles. The third kappa shape index (κ3) is 8.00. The van der Waals surface area contributed by atoms with Crippen LogP contribution in [0.5, 0.6) is 0 Å². The fourth-order valence-electron chi connectivity index (χ4n) is 1.48. The van der Waals surface area contributed by atoms with Gasteiger partial charge in [-0.15, -0.1) is 6.42 Å². The third-order valence-corrected chi connectivity index (χ3v) is 2.64. The number of aliphatic hydroxyl groups is 5. The highest BCUT2D eigenvalue weighted by atomic mass is 16.6. The van der Waals surface area contributed by atoms with Crippen LogP contribution >= 0.6 is 0 Å². The van der Waals surface area contributed by atoms with Gasteiger partial charge in [0.05, 0.1) is 39.1 Å². The molecule has 9 heteroatoms. The molecular weight excluding hydrogens is 300 g/mol. The van der Waals surface area contributed by atoms with Gasteiger partial charge >= 0.3 is 0 Å². The Bertz CT molecular complexity index is 302. The Morgan fingerprint density at radius 2 is 1.64 bits per heavy atom. The standard InChI is InChI=1S/C7H12O3.C6H11O6/c1-2-4-9-6-7-10-5-3-8;7-1-2-3(8)4(9)5(10)6(11)12-2/h1,8H,3-7H2;2-10H,1H2/q;-1/t;2-,3-,4+,5+,6+/m.1/s1. The maximum absolute atomic E-state index is 10.7. The van der Waals surface area contributed by atoms with E-state index < -0.39 is 37.3 Å². The van der Waals surface area contributed by atoms with Crippen molar-refractivity contribution in [1.29, 1.82) is 0 Å². The molecule has 22 heavy (non-hydrogen) atoms. The molecule has 1 fully saturated rings. The quantitative estimate of drug-likeness (QED) is 0.232. The first-order valence-electron chi connectivity index (χ1n) is 6.65. The minimum Gasteiger partial charge on any atom is -0.829 e. The Labute approximate surface area is 128 Å². The van der Waals surface area contributed by atoms with Crippen molar-refractivity contribution in [1.82, 2.24) is 0 Å². The van der Waals surface area contributed by atoms with Gasteiger partial charge in [0, 0.05) is 6.29 Å². The lowest BCUT2D eigenvalue weighted by atomic mass is 10.00. The predicted molar refractivity (Wildman–Crippen MR) is 71.3 cm³/mol. The van der Waals surface area contributed by atoms with E-state index in [2.05, 4.69) is 10.7 Å². The molecule has 0 unspecified atom stereocenters. The lowest BCUT2D eigenvalue weighted by molar-refractivity contribution is -0.532. The number of aliphatic hydroxyl groups excluding tert-OH is 5. The van der Waals surface area contributed by atoms with Gasteiger partial charge in [-0.2, -0.15) is 0 Å². The molecule has 0 radical (unpaired) electrons. The molecule has 1 aliphatic heterocycles. The van der Waals surface area contributed by atoms with E-state index >= 15 is 0 Å². The topological polar surface area (TPSA) is 152 Å². The molecular formula is C13H23O9-. The molecule has 1 aliphatic rings. The van der Waals surface area contributed by atoms with Gasteiger partial charge in [0.1, 0.15) is 24.9 Å². The second-order valence-corrected chi connectivity index (χ2v) is 4.29. The van der Waals surface area contributed by atoms with Crippen LogP contribution in [0.2, 0.25) is 0 Å². The summed E-state index contributed by atoms with van der Waals surface area (Å²) in [5.74, 6) is 2.33. The molecule has 1 rings (SSSR count). The molecule has 0 aromatic heterocycles. The van der Waals surface area contributed by atoms with Gasteiger partial charge < -0.3 is 44.8 Å². The summed E-state index contributed by atoms with van der Waals surface area (Å²) in [6.07, 6.45) is -2.65. The second kappa shape index (κ2) is 12.7. The van der Waals surface area contributed by atoms with E-state index in [1.807, 2.05) is 0 Å². The summed E-state index contributed by atoms with van der Waals surface area (Å²) < 4.78 is 14.2. The molecule has 130 valence electrons. The number of rotatable bonds is 7. The van der Waals surface area contributed by atoms with Crippen LogP contribution in [0.25, 0.3) is 0 Å². The highest BCUT2D eigenvalue weighted by Gasteiger charge is 2.38. The Hall–Kier alpha value is -0.800. The van der Waals surface area contributed by atoms with Gasteiger partial charge in [0.25, 0.3) is 0 Å². The highest BCUT2D eigenvalue weighted by molar-refractivity contribution is 4.87. The van der Waals surface area contributed by atoms with Crippen LogP contribution in [0, 0.1) is 12.3 Å². The Morgan fingerprint density at radius 1 is 1.00 bits per heavy atom. The molecule has 5 atom stereocenters. The average Bonchev–Trinajstić information content (AvgIpc) is 2.53. The van der Waals surface area contributed by atoms with Gasteiger partial charge in [0.2, 0.25) is 0 Å². The minimum absolute atomic E-state index is 0.0507. The van der Waals surface area contributed by atoms with Crippen molar-refractivity contribution in [2.24, 2.45) is 0 Å². The van der Waals surface area contributed by atoms with Crippen LogP contribution in [-0.4, -0.2) is 95.9 Å².